The van der Waals surface area contributed by atoms with Crippen molar-refractivity contribution >= 4 is 23.3 Å². The molecule has 0 spiro atoms. The first-order chi connectivity index (χ1) is 16.1. The molecule has 3 atom stereocenters. The second-order valence-electron chi connectivity index (χ2n) is 9.04. The van der Waals surface area contributed by atoms with Crippen molar-refractivity contribution in [1.29, 1.82) is 5.26 Å². The lowest BCUT2D eigenvalue weighted by molar-refractivity contribution is -0.122. The number of amides is 1. The van der Waals surface area contributed by atoms with Crippen molar-refractivity contribution in [1.82, 2.24) is 15.3 Å². The van der Waals surface area contributed by atoms with Gasteiger partial charge in [0.2, 0.25) is 11.8 Å². The predicted octanol–water partition coefficient (Wildman–Crippen LogP) is 3.07. The Morgan fingerprint density at radius 2 is 2.06 bits per heavy atom. The number of rotatable bonds is 9. The van der Waals surface area contributed by atoms with Crippen molar-refractivity contribution in [3.8, 4) is 17.7 Å². The maximum atomic E-state index is 12.2. The summed E-state index contributed by atoms with van der Waals surface area (Å²) in [6, 6.07) is 8.87. The van der Waals surface area contributed by atoms with Gasteiger partial charge < -0.3 is 24.8 Å². The molecule has 1 aromatic carbocycles. The van der Waals surface area contributed by atoms with Gasteiger partial charge in [0.1, 0.15) is 35.9 Å². The SMILES string of the molecule is CC(C#N)NC(=O)C(C)c1ccc(OC2CCN(c3ncnc(OCC(C)(C)O)c3Cl)C2)cc1. The molecule has 0 radical (unpaired) electrons. The van der Waals surface area contributed by atoms with Crippen molar-refractivity contribution in [2.45, 2.75) is 57.8 Å². The molecule has 1 amide bonds. The molecule has 3 unspecified atom stereocenters. The lowest BCUT2D eigenvalue weighted by Crippen LogP contribution is -2.34. The van der Waals surface area contributed by atoms with E-state index in [-0.39, 0.29) is 30.4 Å². The van der Waals surface area contributed by atoms with Gasteiger partial charge in [-0.3, -0.25) is 4.79 Å². The number of nitriles is 1. The second-order valence-corrected chi connectivity index (χ2v) is 9.42. The number of hydrogen-bond donors (Lipinski definition) is 2. The van der Waals surface area contributed by atoms with Gasteiger partial charge in [-0.15, -0.1) is 0 Å². The monoisotopic (exact) mass is 487 g/mol. The first-order valence-corrected chi connectivity index (χ1v) is 11.5. The summed E-state index contributed by atoms with van der Waals surface area (Å²) in [6.45, 7) is 8.08. The number of halogens is 1. The van der Waals surface area contributed by atoms with Gasteiger partial charge in [-0.05, 0) is 45.4 Å². The Bertz CT molecular complexity index is 1040. The number of benzene rings is 1. The Hall–Kier alpha value is -3.09. The molecular weight excluding hydrogens is 458 g/mol. The summed E-state index contributed by atoms with van der Waals surface area (Å²) in [6.07, 6.45) is 2.12. The third-order valence-electron chi connectivity index (χ3n) is 5.37. The molecule has 1 aliphatic heterocycles. The van der Waals surface area contributed by atoms with Crippen LogP contribution in [0.4, 0.5) is 5.82 Å². The number of aromatic nitrogens is 2. The largest absolute Gasteiger partial charge is 0.489 e. The normalized spacial score (nSPS) is 17.6. The zero-order chi connectivity index (χ0) is 24.9. The van der Waals surface area contributed by atoms with Gasteiger partial charge in [-0.25, -0.2) is 9.97 Å². The summed E-state index contributed by atoms with van der Waals surface area (Å²) in [5.41, 5.74) is -0.165. The molecule has 2 heterocycles. The summed E-state index contributed by atoms with van der Waals surface area (Å²) in [5.74, 6) is 0.935. The lowest BCUT2D eigenvalue weighted by atomic mass is 10.00. The molecule has 0 saturated carbocycles. The molecule has 2 aromatic rings. The Labute approximate surface area is 204 Å². The van der Waals surface area contributed by atoms with E-state index in [1.54, 1.807) is 27.7 Å². The van der Waals surface area contributed by atoms with Crippen LogP contribution in [0.15, 0.2) is 30.6 Å². The maximum absolute atomic E-state index is 12.2. The molecule has 0 aliphatic carbocycles. The third-order valence-corrected chi connectivity index (χ3v) is 5.70. The topological polar surface area (TPSA) is 121 Å². The van der Waals surface area contributed by atoms with Crippen molar-refractivity contribution in [3.05, 3.63) is 41.2 Å². The fourth-order valence-corrected chi connectivity index (χ4v) is 3.75. The average molecular weight is 488 g/mol. The fourth-order valence-electron chi connectivity index (χ4n) is 3.48. The fraction of sp³-hybridized carbons (Fsp3) is 0.500. The zero-order valence-corrected chi connectivity index (χ0v) is 20.5. The number of carbonyl (C=O) groups excluding carboxylic acids is 1. The van der Waals surface area contributed by atoms with Crippen molar-refractivity contribution in [3.63, 3.8) is 0 Å². The third kappa shape index (κ3) is 6.72. The van der Waals surface area contributed by atoms with E-state index >= 15 is 0 Å². The van der Waals surface area contributed by atoms with Gasteiger partial charge >= 0.3 is 0 Å². The number of carbonyl (C=O) groups is 1. The van der Waals surface area contributed by atoms with E-state index in [0.29, 0.717) is 29.7 Å². The van der Waals surface area contributed by atoms with Crippen LogP contribution in [0.2, 0.25) is 5.02 Å². The standard InChI is InChI=1S/C24H30ClN5O4/c1-15(11-26)29-22(31)16(2)17-5-7-18(8-6-17)34-19-9-10-30(12-19)21-20(25)23(28-14-27-21)33-13-24(3,4)32/h5-8,14-16,19,32H,9-10,12-13H2,1-4H3,(H,29,31). The van der Waals surface area contributed by atoms with Crippen LogP contribution in [-0.4, -0.2) is 58.4 Å². The van der Waals surface area contributed by atoms with Crippen LogP contribution < -0.4 is 19.7 Å². The van der Waals surface area contributed by atoms with Crippen LogP contribution in [0.3, 0.4) is 0 Å². The van der Waals surface area contributed by atoms with E-state index in [1.807, 2.05) is 35.2 Å². The highest BCUT2D eigenvalue weighted by Gasteiger charge is 2.28. The van der Waals surface area contributed by atoms with Crippen LogP contribution in [0.25, 0.3) is 0 Å². The van der Waals surface area contributed by atoms with Crippen LogP contribution in [-0.2, 0) is 4.79 Å². The number of ether oxygens (including phenoxy) is 2. The second kappa shape index (κ2) is 10.9. The van der Waals surface area contributed by atoms with Crippen LogP contribution >= 0.6 is 11.6 Å². The van der Waals surface area contributed by atoms with Gasteiger partial charge in [-0.1, -0.05) is 23.7 Å². The van der Waals surface area contributed by atoms with Crippen molar-refractivity contribution in [2.24, 2.45) is 0 Å². The summed E-state index contributed by atoms with van der Waals surface area (Å²) in [7, 11) is 0. The number of hydrogen-bond acceptors (Lipinski definition) is 8. The lowest BCUT2D eigenvalue weighted by Gasteiger charge is -2.21. The Balaban J connectivity index is 1.58. The molecule has 34 heavy (non-hydrogen) atoms. The van der Waals surface area contributed by atoms with Gasteiger partial charge in [0, 0.05) is 13.0 Å². The quantitative estimate of drug-likeness (QED) is 0.553. The van der Waals surface area contributed by atoms with Crippen molar-refractivity contribution < 1.29 is 19.4 Å². The predicted molar refractivity (Wildman–Crippen MR) is 128 cm³/mol. The highest BCUT2D eigenvalue weighted by atomic mass is 35.5. The number of nitrogens with one attached hydrogen (secondary N) is 1. The first-order valence-electron chi connectivity index (χ1n) is 11.1. The zero-order valence-electron chi connectivity index (χ0n) is 19.8. The molecule has 1 aromatic heterocycles. The van der Waals surface area contributed by atoms with Crippen molar-refractivity contribution in [2.75, 3.05) is 24.6 Å². The molecule has 0 bridgehead atoms. The van der Waals surface area contributed by atoms with E-state index in [0.717, 1.165) is 12.0 Å². The molecular formula is C24H30ClN5O4. The minimum absolute atomic E-state index is 0.0581. The summed E-state index contributed by atoms with van der Waals surface area (Å²) >= 11 is 6.47. The molecule has 182 valence electrons. The number of nitrogens with zero attached hydrogens (tertiary/aromatic N) is 4. The highest BCUT2D eigenvalue weighted by molar-refractivity contribution is 6.34. The molecule has 10 heteroatoms. The molecule has 3 rings (SSSR count). The summed E-state index contributed by atoms with van der Waals surface area (Å²) in [4.78, 5) is 22.6. The van der Waals surface area contributed by atoms with E-state index in [4.69, 9.17) is 26.3 Å². The van der Waals surface area contributed by atoms with Gasteiger partial charge in [0.25, 0.3) is 0 Å². The van der Waals surface area contributed by atoms with Crippen LogP contribution in [0.1, 0.15) is 45.6 Å². The van der Waals surface area contributed by atoms with Gasteiger partial charge in [0.15, 0.2) is 5.82 Å². The van der Waals surface area contributed by atoms with E-state index in [1.165, 1.54) is 6.33 Å². The minimum atomic E-state index is -1.01. The minimum Gasteiger partial charge on any atom is -0.489 e. The van der Waals surface area contributed by atoms with E-state index < -0.39 is 11.6 Å². The van der Waals surface area contributed by atoms with Gasteiger partial charge in [-0.2, -0.15) is 5.26 Å². The molecule has 1 fully saturated rings. The van der Waals surface area contributed by atoms with Crippen LogP contribution in [0.5, 0.6) is 11.6 Å². The summed E-state index contributed by atoms with van der Waals surface area (Å²) < 4.78 is 11.7. The summed E-state index contributed by atoms with van der Waals surface area (Å²) in [5, 5.41) is 21.7. The Morgan fingerprint density at radius 3 is 2.71 bits per heavy atom. The van der Waals surface area contributed by atoms with Crippen LogP contribution in [0, 0.1) is 11.3 Å². The van der Waals surface area contributed by atoms with Gasteiger partial charge in [0.05, 0.1) is 24.1 Å². The molecule has 1 saturated heterocycles. The Morgan fingerprint density at radius 1 is 1.35 bits per heavy atom. The smallest absolute Gasteiger partial charge is 0.238 e. The highest BCUT2D eigenvalue weighted by Crippen LogP contribution is 2.33. The molecule has 9 nitrogen and oxygen atoms in total. The first kappa shape index (κ1) is 25.5. The van der Waals surface area contributed by atoms with E-state index in [2.05, 4.69) is 15.3 Å². The average Bonchev–Trinajstić information content (AvgIpc) is 3.25. The number of anilines is 1. The molecule has 2 N–H and O–H groups in total. The maximum Gasteiger partial charge on any atom is 0.238 e. The van der Waals surface area contributed by atoms with E-state index in [9.17, 15) is 9.90 Å². The number of aliphatic hydroxyl groups is 1. The Kier molecular flexibility index (Phi) is 8.18. The molecule has 1 aliphatic rings.